The molecule has 2 rings (SSSR count). The molecule has 0 atom stereocenters. The largest absolute Gasteiger partial charge is 0.497 e. The van der Waals surface area contributed by atoms with Gasteiger partial charge in [0.2, 0.25) is 0 Å². The Hall–Kier alpha value is -1.81. The van der Waals surface area contributed by atoms with E-state index in [0.29, 0.717) is 0 Å². The lowest BCUT2D eigenvalue weighted by atomic mass is 10.2. The average molecular weight is 246 g/mol. The van der Waals surface area contributed by atoms with E-state index in [9.17, 15) is 0 Å². The zero-order valence-corrected chi connectivity index (χ0v) is 10.8. The first-order valence-corrected chi connectivity index (χ1v) is 6.13. The molecule has 2 aromatic rings. The van der Waals surface area contributed by atoms with Crippen LogP contribution in [0.4, 0.5) is 0 Å². The highest BCUT2D eigenvalue weighted by Crippen LogP contribution is 2.24. The van der Waals surface area contributed by atoms with Gasteiger partial charge in [0.1, 0.15) is 5.75 Å². The van der Waals surface area contributed by atoms with Crippen LogP contribution in [0.25, 0.3) is 11.3 Å². The summed E-state index contributed by atoms with van der Waals surface area (Å²) in [6.45, 7) is 3.93. The Morgan fingerprint density at radius 2 is 2.28 bits per heavy atom. The van der Waals surface area contributed by atoms with Crippen LogP contribution in [0.2, 0.25) is 0 Å². The molecular formula is C14H18N2O2. The quantitative estimate of drug-likeness (QED) is 0.795. The average Bonchev–Trinajstić information content (AvgIpc) is 2.88. The van der Waals surface area contributed by atoms with Gasteiger partial charge < -0.3 is 14.5 Å². The van der Waals surface area contributed by atoms with Gasteiger partial charge in [-0.15, -0.1) is 0 Å². The second-order valence-corrected chi connectivity index (χ2v) is 3.95. The van der Waals surface area contributed by atoms with Gasteiger partial charge >= 0.3 is 0 Å². The zero-order valence-electron chi connectivity index (χ0n) is 10.8. The molecule has 0 aliphatic rings. The molecule has 4 nitrogen and oxygen atoms in total. The number of benzene rings is 1. The Morgan fingerprint density at radius 3 is 3.06 bits per heavy atom. The number of rotatable bonds is 6. The fourth-order valence-corrected chi connectivity index (χ4v) is 1.71. The number of nitrogens with zero attached hydrogens (tertiary/aromatic N) is 1. The van der Waals surface area contributed by atoms with Crippen molar-refractivity contribution in [3.05, 3.63) is 36.4 Å². The molecule has 0 bridgehead atoms. The van der Waals surface area contributed by atoms with Crippen LogP contribution in [0.15, 0.2) is 34.9 Å². The van der Waals surface area contributed by atoms with E-state index in [4.69, 9.17) is 9.15 Å². The summed E-state index contributed by atoms with van der Waals surface area (Å²) < 4.78 is 10.9. The minimum absolute atomic E-state index is 0.758. The van der Waals surface area contributed by atoms with Crippen molar-refractivity contribution >= 4 is 0 Å². The molecule has 0 saturated carbocycles. The maximum Gasteiger partial charge on any atom is 0.196 e. The number of oxazole rings is 1. The molecule has 0 amide bonds. The van der Waals surface area contributed by atoms with E-state index in [1.165, 1.54) is 0 Å². The van der Waals surface area contributed by atoms with Crippen LogP contribution >= 0.6 is 0 Å². The summed E-state index contributed by atoms with van der Waals surface area (Å²) >= 11 is 0. The molecule has 0 aliphatic carbocycles. The highest BCUT2D eigenvalue weighted by atomic mass is 16.5. The smallest absolute Gasteiger partial charge is 0.196 e. The van der Waals surface area contributed by atoms with Crippen molar-refractivity contribution in [2.24, 2.45) is 0 Å². The van der Waals surface area contributed by atoms with Crippen molar-refractivity contribution in [1.82, 2.24) is 10.3 Å². The summed E-state index contributed by atoms with van der Waals surface area (Å²) in [6.07, 6.45) is 2.56. The Balaban J connectivity index is 2.08. The third kappa shape index (κ3) is 3.11. The van der Waals surface area contributed by atoms with Crippen LogP contribution in [0.1, 0.15) is 12.8 Å². The molecule has 0 saturated heterocycles. The molecular weight excluding hydrogens is 228 g/mol. The molecule has 0 radical (unpaired) electrons. The van der Waals surface area contributed by atoms with Crippen LogP contribution in [0, 0.1) is 0 Å². The molecule has 0 aliphatic heterocycles. The van der Waals surface area contributed by atoms with Gasteiger partial charge in [-0.05, 0) is 18.7 Å². The number of aromatic nitrogens is 1. The van der Waals surface area contributed by atoms with Gasteiger partial charge in [0.05, 0.1) is 13.3 Å². The Kier molecular flexibility index (Phi) is 4.36. The fourth-order valence-electron chi connectivity index (χ4n) is 1.71. The van der Waals surface area contributed by atoms with Crippen LogP contribution in [-0.2, 0) is 6.42 Å². The van der Waals surface area contributed by atoms with Gasteiger partial charge in [-0.25, -0.2) is 4.98 Å². The Bertz CT molecular complexity index is 494. The third-order valence-corrected chi connectivity index (χ3v) is 2.67. The third-order valence-electron chi connectivity index (χ3n) is 2.67. The molecule has 0 spiro atoms. The van der Waals surface area contributed by atoms with Gasteiger partial charge in [0, 0.05) is 18.5 Å². The SMILES string of the molecule is CCNCCc1ncc(-c2cccc(OC)c2)o1. The summed E-state index contributed by atoms with van der Waals surface area (Å²) in [5.41, 5.74) is 0.983. The first-order chi connectivity index (χ1) is 8.83. The van der Waals surface area contributed by atoms with Crippen LogP contribution in [-0.4, -0.2) is 25.2 Å². The molecule has 0 unspecified atom stereocenters. The number of hydrogen-bond acceptors (Lipinski definition) is 4. The van der Waals surface area contributed by atoms with Gasteiger partial charge in [-0.3, -0.25) is 0 Å². The van der Waals surface area contributed by atoms with Crippen molar-refractivity contribution in [3.8, 4) is 17.1 Å². The standard InChI is InChI=1S/C14H18N2O2/c1-3-15-8-7-14-16-10-13(18-14)11-5-4-6-12(9-11)17-2/h4-6,9-10,15H,3,7-8H2,1-2H3. The highest BCUT2D eigenvalue weighted by Gasteiger charge is 2.06. The van der Waals surface area contributed by atoms with E-state index < -0.39 is 0 Å². The first kappa shape index (κ1) is 12.6. The monoisotopic (exact) mass is 246 g/mol. The maximum absolute atomic E-state index is 5.71. The number of ether oxygens (including phenoxy) is 1. The topological polar surface area (TPSA) is 47.3 Å². The maximum atomic E-state index is 5.71. The Labute approximate surface area is 107 Å². The van der Waals surface area contributed by atoms with E-state index in [0.717, 1.165) is 42.5 Å². The summed E-state index contributed by atoms with van der Waals surface area (Å²) in [6, 6.07) is 7.77. The second kappa shape index (κ2) is 6.21. The number of hydrogen-bond donors (Lipinski definition) is 1. The molecule has 18 heavy (non-hydrogen) atoms. The molecule has 1 aromatic carbocycles. The highest BCUT2D eigenvalue weighted by molar-refractivity contribution is 5.58. The molecule has 0 fully saturated rings. The van der Waals surface area contributed by atoms with E-state index in [-0.39, 0.29) is 0 Å². The second-order valence-electron chi connectivity index (χ2n) is 3.95. The van der Waals surface area contributed by atoms with Crippen molar-refractivity contribution in [1.29, 1.82) is 0 Å². The Morgan fingerprint density at radius 1 is 1.39 bits per heavy atom. The van der Waals surface area contributed by atoms with Gasteiger partial charge in [0.15, 0.2) is 11.7 Å². The molecule has 1 aromatic heterocycles. The van der Waals surface area contributed by atoms with E-state index in [2.05, 4.69) is 17.2 Å². The summed E-state index contributed by atoms with van der Waals surface area (Å²) in [7, 11) is 1.65. The number of methoxy groups -OCH3 is 1. The molecule has 1 heterocycles. The predicted molar refractivity (Wildman–Crippen MR) is 70.7 cm³/mol. The van der Waals surface area contributed by atoms with Crippen LogP contribution in [0.3, 0.4) is 0 Å². The van der Waals surface area contributed by atoms with Crippen LogP contribution < -0.4 is 10.1 Å². The van der Waals surface area contributed by atoms with Gasteiger partial charge in [-0.1, -0.05) is 19.1 Å². The van der Waals surface area contributed by atoms with Crippen molar-refractivity contribution in [3.63, 3.8) is 0 Å². The molecule has 4 heteroatoms. The lowest BCUT2D eigenvalue weighted by molar-refractivity contribution is 0.414. The normalized spacial score (nSPS) is 10.6. The first-order valence-electron chi connectivity index (χ1n) is 6.13. The molecule has 96 valence electrons. The minimum Gasteiger partial charge on any atom is -0.497 e. The van der Waals surface area contributed by atoms with Crippen molar-refractivity contribution < 1.29 is 9.15 Å². The van der Waals surface area contributed by atoms with Gasteiger partial charge in [0.25, 0.3) is 0 Å². The van der Waals surface area contributed by atoms with Gasteiger partial charge in [-0.2, -0.15) is 0 Å². The van der Waals surface area contributed by atoms with Crippen LogP contribution in [0.5, 0.6) is 5.75 Å². The fraction of sp³-hybridized carbons (Fsp3) is 0.357. The number of nitrogens with one attached hydrogen (secondary N) is 1. The number of likely N-dealkylation sites (N-methyl/N-ethyl adjacent to an activating group) is 1. The summed E-state index contributed by atoms with van der Waals surface area (Å²) in [4.78, 5) is 4.27. The zero-order chi connectivity index (χ0) is 12.8. The molecule has 1 N–H and O–H groups in total. The van der Waals surface area contributed by atoms with E-state index in [1.807, 2.05) is 24.3 Å². The van der Waals surface area contributed by atoms with E-state index in [1.54, 1.807) is 13.3 Å². The summed E-state index contributed by atoms with van der Waals surface area (Å²) in [5.74, 6) is 2.35. The summed E-state index contributed by atoms with van der Waals surface area (Å²) in [5, 5.41) is 3.24. The minimum atomic E-state index is 0.758. The van der Waals surface area contributed by atoms with E-state index >= 15 is 0 Å². The lowest BCUT2D eigenvalue weighted by Gasteiger charge is -2.01. The predicted octanol–water partition coefficient (Wildman–Crippen LogP) is 2.50. The lowest BCUT2D eigenvalue weighted by Crippen LogP contribution is -2.16. The van der Waals surface area contributed by atoms with Crippen molar-refractivity contribution in [2.75, 3.05) is 20.2 Å². The van der Waals surface area contributed by atoms with Crippen molar-refractivity contribution in [2.45, 2.75) is 13.3 Å².